The first-order valence-corrected chi connectivity index (χ1v) is 8.06. The van der Waals surface area contributed by atoms with Crippen molar-refractivity contribution in [3.8, 4) is 0 Å². The summed E-state index contributed by atoms with van der Waals surface area (Å²) in [6.45, 7) is 0.601. The molecule has 0 aliphatic carbocycles. The molecule has 1 aliphatic heterocycles. The fraction of sp³-hybridized carbons (Fsp3) is 0.417. The average Bonchev–Trinajstić information content (AvgIpc) is 2.41. The van der Waals surface area contributed by atoms with Crippen molar-refractivity contribution in [2.75, 3.05) is 13.1 Å². The molecule has 0 N–H and O–H groups in total. The summed E-state index contributed by atoms with van der Waals surface area (Å²) in [6, 6.07) is 4.50. The molecule has 1 fully saturated rings. The summed E-state index contributed by atoms with van der Waals surface area (Å²) in [6.07, 6.45) is 2.20. The summed E-state index contributed by atoms with van der Waals surface area (Å²) in [5, 5.41) is 0.226. The van der Waals surface area contributed by atoms with E-state index in [1.165, 1.54) is 16.4 Å². The molecule has 1 heterocycles. The molecule has 1 aromatic carbocycles. The van der Waals surface area contributed by atoms with Gasteiger partial charge in [-0.3, -0.25) is 0 Å². The number of carbonyl (C=O) groups excluding carboxylic acids is 1. The van der Waals surface area contributed by atoms with E-state index in [-0.39, 0.29) is 27.4 Å². The van der Waals surface area contributed by atoms with Gasteiger partial charge in [0, 0.05) is 19.0 Å². The maximum atomic E-state index is 12.5. The smallest absolute Gasteiger partial charge is 0.244 e. The van der Waals surface area contributed by atoms with Gasteiger partial charge in [-0.25, -0.2) is 8.42 Å². The highest BCUT2D eigenvalue weighted by Gasteiger charge is 2.31. The van der Waals surface area contributed by atoms with Crippen molar-refractivity contribution in [1.29, 1.82) is 0 Å². The average molecular weight is 322 g/mol. The minimum Gasteiger partial charge on any atom is -0.303 e. The fourth-order valence-electron chi connectivity index (χ4n) is 2.13. The van der Waals surface area contributed by atoms with Crippen molar-refractivity contribution in [1.82, 2.24) is 4.31 Å². The van der Waals surface area contributed by atoms with Gasteiger partial charge in [-0.2, -0.15) is 4.31 Å². The van der Waals surface area contributed by atoms with Crippen LogP contribution in [0.25, 0.3) is 0 Å². The number of carbonyl (C=O) groups is 1. The molecule has 0 amide bonds. The van der Waals surface area contributed by atoms with Crippen molar-refractivity contribution >= 4 is 39.5 Å². The fourth-order valence-corrected chi connectivity index (χ4v) is 4.40. The molecule has 19 heavy (non-hydrogen) atoms. The lowest BCUT2D eigenvalue weighted by Crippen LogP contribution is -2.40. The van der Waals surface area contributed by atoms with Crippen LogP contribution in [0.2, 0.25) is 10.0 Å². The molecule has 1 unspecified atom stereocenters. The van der Waals surface area contributed by atoms with E-state index in [1.807, 2.05) is 0 Å². The van der Waals surface area contributed by atoms with Crippen molar-refractivity contribution in [2.24, 2.45) is 5.92 Å². The molecule has 1 aliphatic rings. The highest BCUT2D eigenvalue weighted by molar-refractivity contribution is 7.89. The third-order valence-corrected chi connectivity index (χ3v) is 5.99. The maximum absolute atomic E-state index is 12.5. The second-order valence-electron chi connectivity index (χ2n) is 4.45. The molecule has 0 saturated carbocycles. The molecule has 7 heteroatoms. The number of hydrogen-bond donors (Lipinski definition) is 0. The van der Waals surface area contributed by atoms with E-state index in [4.69, 9.17) is 23.2 Å². The zero-order chi connectivity index (χ0) is 14.0. The molecule has 2 rings (SSSR count). The lowest BCUT2D eigenvalue weighted by atomic mass is 10.0. The van der Waals surface area contributed by atoms with Crippen molar-refractivity contribution < 1.29 is 13.2 Å². The van der Waals surface area contributed by atoms with Crippen LogP contribution in [-0.4, -0.2) is 32.1 Å². The first-order chi connectivity index (χ1) is 8.96. The van der Waals surface area contributed by atoms with Crippen LogP contribution < -0.4 is 0 Å². The Labute approximate surface area is 122 Å². The number of benzene rings is 1. The predicted molar refractivity (Wildman–Crippen MR) is 74.0 cm³/mol. The molecule has 104 valence electrons. The summed E-state index contributed by atoms with van der Waals surface area (Å²) in [5.74, 6) is -0.249. The van der Waals surface area contributed by atoms with Gasteiger partial charge < -0.3 is 4.79 Å². The molecule has 0 bridgehead atoms. The first-order valence-electron chi connectivity index (χ1n) is 5.86. The molecular formula is C12H13Cl2NO3S. The molecule has 4 nitrogen and oxygen atoms in total. The monoisotopic (exact) mass is 321 g/mol. The van der Waals surface area contributed by atoms with Gasteiger partial charge in [-0.05, 0) is 25.0 Å². The standard InChI is InChI=1S/C12H13Cl2NO3S/c13-10-4-1-5-11(12(10)14)19(17,18)15-6-2-3-9(7-15)8-16/h1,4-5,8-9H,2-3,6-7H2. The second-order valence-corrected chi connectivity index (χ2v) is 7.14. The zero-order valence-corrected chi connectivity index (χ0v) is 12.4. The van der Waals surface area contributed by atoms with E-state index in [9.17, 15) is 13.2 Å². The van der Waals surface area contributed by atoms with E-state index in [1.54, 1.807) is 6.07 Å². The Bertz CT molecular complexity index is 589. The topological polar surface area (TPSA) is 54.5 Å². The van der Waals surface area contributed by atoms with Gasteiger partial charge >= 0.3 is 0 Å². The van der Waals surface area contributed by atoms with Gasteiger partial charge in [0.1, 0.15) is 11.2 Å². The number of aldehydes is 1. The van der Waals surface area contributed by atoms with Gasteiger partial charge in [-0.15, -0.1) is 0 Å². The number of hydrogen-bond acceptors (Lipinski definition) is 3. The van der Waals surface area contributed by atoms with Gasteiger partial charge in [0.05, 0.1) is 10.0 Å². The quantitative estimate of drug-likeness (QED) is 0.804. The van der Waals surface area contributed by atoms with Gasteiger partial charge in [0.15, 0.2) is 0 Å². The lowest BCUT2D eigenvalue weighted by molar-refractivity contribution is -0.112. The number of sulfonamides is 1. The van der Waals surface area contributed by atoms with E-state index in [0.717, 1.165) is 12.7 Å². The predicted octanol–water partition coefficient (Wildman–Crippen LogP) is 2.59. The molecule has 0 spiro atoms. The van der Waals surface area contributed by atoms with E-state index >= 15 is 0 Å². The van der Waals surface area contributed by atoms with Crippen LogP contribution in [0.1, 0.15) is 12.8 Å². The second kappa shape index (κ2) is 5.79. The maximum Gasteiger partial charge on any atom is 0.244 e. The Hall–Kier alpha value is -0.620. The van der Waals surface area contributed by atoms with Crippen LogP contribution in [0.15, 0.2) is 23.1 Å². The third kappa shape index (κ3) is 2.94. The Kier molecular flexibility index (Phi) is 4.50. The van der Waals surface area contributed by atoms with Crippen molar-refractivity contribution in [2.45, 2.75) is 17.7 Å². The van der Waals surface area contributed by atoms with E-state index in [2.05, 4.69) is 0 Å². The highest BCUT2D eigenvalue weighted by atomic mass is 35.5. The third-order valence-electron chi connectivity index (χ3n) is 3.15. The largest absolute Gasteiger partial charge is 0.303 e. The van der Waals surface area contributed by atoms with Crippen LogP contribution in [0, 0.1) is 5.92 Å². The molecule has 1 atom stereocenters. The Morgan fingerprint density at radius 1 is 1.32 bits per heavy atom. The molecular weight excluding hydrogens is 309 g/mol. The van der Waals surface area contributed by atoms with Crippen molar-refractivity contribution in [3.05, 3.63) is 28.2 Å². The minimum atomic E-state index is -3.70. The van der Waals surface area contributed by atoms with Gasteiger partial charge in [0.2, 0.25) is 10.0 Å². The Morgan fingerprint density at radius 3 is 2.74 bits per heavy atom. The van der Waals surface area contributed by atoms with Crippen LogP contribution in [0.5, 0.6) is 0 Å². The van der Waals surface area contributed by atoms with Crippen LogP contribution >= 0.6 is 23.2 Å². The normalized spacial score (nSPS) is 21.3. The van der Waals surface area contributed by atoms with Crippen LogP contribution in [0.3, 0.4) is 0 Å². The summed E-state index contributed by atoms with van der Waals surface area (Å²) in [5.41, 5.74) is 0. The molecule has 0 aromatic heterocycles. The van der Waals surface area contributed by atoms with Crippen LogP contribution in [0.4, 0.5) is 0 Å². The van der Waals surface area contributed by atoms with Gasteiger partial charge in [-0.1, -0.05) is 29.3 Å². The SMILES string of the molecule is O=CC1CCCN(S(=O)(=O)c2cccc(Cl)c2Cl)C1. The van der Waals surface area contributed by atoms with Gasteiger partial charge in [0.25, 0.3) is 0 Å². The van der Waals surface area contributed by atoms with E-state index < -0.39 is 10.0 Å². The zero-order valence-electron chi connectivity index (χ0n) is 10.1. The number of piperidine rings is 1. The summed E-state index contributed by atoms with van der Waals surface area (Å²) >= 11 is 11.8. The molecule has 0 radical (unpaired) electrons. The highest BCUT2D eigenvalue weighted by Crippen LogP contribution is 2.32. The Balaban J connectivity index is 2.37. The molecule has 1 aromatic rings. The summed E-state index contributed by atoms with van der Waals surface area (Å²) in [4.78, 5) is 10.8. The van der Waals surface area contributed by atoms with Crippen molar-refractivity contribution in [3.63, 3.8) is 0 Å². The number of halogens is 2. The minimum absolute atomic E-state index is 0.00628. The van der Waals surface area contributed by atoms with Crippen LogP contribution in [-0.2, 0) is 14.8 Å². The first kappa shape index (κ1) is 14.8. The molecule has 1 saturated heterocycles. The summed E-state index contributed by atoms with van der Waals surface area (Å²) < 4.78 is 26.3. The number of rotatable bonds is 3. The lowest BCUT2D eigenvalue weighted by Gasteiger charge is -2.29. The number of nitrogens with zero attached hydrogens (tertiary/aromatic N) is 1. The Morgan fingerprint density at radius 2 is 2.05 bits per heavy atom. The summed E-state index contributed by atoms with van der Waals surface area (Å²) in [7, 11) is -3.70. The van der Waals surface area contributed by atoms with E-state index in [0.29, 0.717) is 13.0 Å².